The van der Waals surface area contributed by atoms with Crippen molar-refractivity contribution in [1.29, 1.82) is 5.26 Å². The Morgan fingerprint density at radius 1 is 1.53 bits per heavy atom. The first-order chi connectivity index (χ1) is 9.02. The minimum Gasteiger partial charge on any atom is -0.336 e. The lowest BCUT2D eigenvalue weighted by Crippen LogP contribution is -2.11. The van der Waals surface area contributed by atoms with Crippen molar-refractivity contribution >= 4 is 17.4 Å². The molecule has 1 aromatic carbocycles. The van der Waals surface area contributed by atoms with Crippen LogP contribution in [0.25, 0.3) is 0 Å². The van der Waals surface area contributed by atoms with Gasteiger partial charge in [-0.25, -0.2) is 4.68 Å². The van der Waals surface area contributed by atoms with Crippen LogP contribution in [0.5, 0.6) is 0 Å². The highest BCUT2D eigenvalue weighted by Crippen LogP contribution is 2.33. The molecule has 0 unspecified atom stereocenters. The molecule has 2 rings (SSSR count). The molecule has 96 valence electrons. The molecule has 0 aliphatic carbocycles. The molecule has 0 aliphatic heterocycles. The van der Waals surface area contributed by atoms with E-state index in [0.717, 1.165) is 11.8 Å². The summed E-state index contributed by atoms with van der Waals surface area (Å²) in [6.45, 7) is 1.67. The molecular weight excluding hydrogens is 268 g/mol. The van der Waals surface area contributed by atoms with Crippen LogP contribution in [0.3, 0.4) is 0 Å². The molecule has 0 radical (unpaired) electrons. The molecule has 0 spiro atoms. The van der Waals surface area contributed by atoms with Gasteiger partial charge in [-0.15, -0.1) is 10.2 Å². The number of nitrogen functional groups attached to an aromatic ring is 1. The Bertz CT molecular complexity index is 690. The van der Waals surface area contributed by atoms with E-state index in [1.165, 1.54) is 22.9 Å². The number of nitro benzene ring substituents is 1. The number of aryl methyl sites for hydroxylation is 1. The van der Waals surface area contributed by atoms with Crippen LogP contribution < -0.4 is 5.84 Å². The maximum atomic E-state index is 11.0. The van der Waals surface area contributed by atoms with Crippen LogP contribution in [0.4, 0.5) is 5.69 Å². The Labute approximate surface area is 112 Å². The summed E-state index contributed by atoms with van der Waals surface area (Å²) in [6.07, 6.45) is 0. The second-order valence-corrected chi connectivity index (χ2v) is 4.56. The topological polar surface area (TPSA) is 124 Å². The maximum Gasteiger partial charge on any atom is 0.284 e. The summed E-state index contributed by atoms with van der Waals surface area (Å²) in [5.74, 6) is 6.18. The van der Waals surface area contributed by atoms with Gasteiger partial charge in [0.05, 0.1) is 21.5 Å². The second kappa shape index (κ2) is 4.95. The Balaban J connectivity index is 2.43. The number of nitrogens with two attached hydrogens (primary N) is 1. The van der Waals surface area contributed by atoms with E-state index >= 15 is 0 Å². The standard InChI is InChI=1S/C10H8N6O2S/c1-6-13-14-10(15(6)12)19-9-3-2-7(5-11)4-8(9)16(17)18/h2-4H,12H2,1H3. The van der Waals surface area contributed by atoms with Gasteiger partial charge >= 0.3 is 0 Å². The molecule has 9 heteroatoms. The molecule has 0 amide bonds. The lowest BCUT2D eigenvalue weighted by molar-refractivity contribution is -0.387. The van der Waals surface area contributed by atoms with Crippen molar-refractivity contribution in [2.45, 2.75) is 17.0 Å². The zero-order valence-electron chi connectivity index (χ0n) is 9.77. The van der Waals surface area contributed by atoms with Gasteiger partial charge in [0.25, 0.3) is 5.69 Å². The molecule has 0 fully saturated rings. The van der Waals surface area contributed by atoms with Gasteiger partial charge < -0.3 is 5.84 Å². The number of hydrogen-bond acceptors (Lipinski definition) is 7. The number of rotatable bonds is 3. The largest absolute Gasteiger partial charge is 0.336 e. The number of aromatic nitrogens is 3. The maximum absolute atomic E-state index is 11.0. The smallest absolute Gasteiger partial charge is 0.284 e. The van der Waals surface area contributed by atoms with Crippen LogP contribution in [0.15, 0.2) is 28.3 Å². The summed E-state index contributed by atoms with van der Waals surface area (Å²) in [5.41, 5.74) is 0.0612. The zero-order chi connectivity index (χ0) is 14.0. The highest BCUT2D eigenvalue weighted by atomic mass is 32.2. The summed E-state index contributed by atoms with van der Waals surface area (Å²) in [7, 11) is 0. The molecule has 0 atom stereocenters. The molecule has 2 aromatic rings. The Kier molecular flexibility index (Phi) is 3.35. The monoisotopic (exact) mass is 276 g/mol. The third kappa shape index (κ3) is 2.48. The van der Waals surface area contributed by atoms with E-state index < -0.39 is 4.92 Å². The van der Waals surface area contributed by atoms with E-state index in [1.807, 2.05) is 6.07 Å². The SMILES string of the molecule is Cc1nnc(Sc2ccc(C#N)cc2[N+](=O)[O-])n1N. The molecular formula is C10H8N6O2S. The first-order valence-electron chi connectivity index (χ1n) is 5.06. The van der Waals surface area contributed by atoms with Gasteiger partial charge in [-0.05, 0) is 30.8 Å². The third-order valence-electron chi connectivity index (χ3n) is 2.32. The Morgan fingerprint density at radius 3 is 2.79 bits per heavy atom. The fraction of sp³-hybridized carbons (Fsp3) is 0.100. The van der Waals surface area contributed by atoms with Gasteiger partial charge in [0.15, 0.2) is 0 Å². The predicted octanol–water partition coefficient (Wildman–Crippen LogP) is 1.23. The van der Waals surface area contributed by atoms with Crippen molar-refractivity contribution in [3.05, 3.63) is 39.7 Å². The highest BCUT2D eigenvalue weighted by molar-refractivity contribution is 7.99. The average Bonchev–Trinajstić information content (AvgIpc) is 2.71. The van der Waals surface area contributed by atoms with E-state index in [4.69, 9.17) is 11.1 Å². The van der Waals surface area contributed by atoms with Crippen LogP contribution in [0.1, 0.15) is 11.4 Å². The van der Waals surface area contributed by atoms with Crippen molar-refractivity contribution in [2.24, 2.45) is 0 Å². The van der Waals surface area contributed by atoms with E-state index in [9.17, 15) is 10.1 Å². The first kappa shape index (κ1) is 12.8. The molecule has 0 saturated heterocycles. The van der Waals surface area contributed by atoms with Gasteiger partial charge in [0, 0.05) is 6.07 Å². The van der Waals surface area contributed by atoms with Gasteiger partial charge in [0.1, 0.15) is 5.82 Å². The fourth-order valence-corrected chi connectivity index (χ4v) is 2.22. The molecule has 0 bridgehead atoms. The van der Waals surface area contributed by atoms with Crippen molar-refractivity contribution in [1.82, 2.24) is 14.9 Å². The van der Waals surface area contributed by atoms with Gasteiger partial charge in [0.2, 0.25) is 5.16 Å². The highest BCUT2D eigenvalue weighted by Gasteiger charge is 2.18. The quantitative estimate of drug-likeness (QED) is 0.508. The lowest BCUT2D eigenvalue weighted by Gasteiger charge is -2.02. The van der Waals surface area contributed by atoms with Crippen LogP contribution in [0, 0.1) is 28.4 Å². The molecule has 8 nitrogen and oxygen atoms in total. The zero-order valence-corrected chi connectivity index (χ0v) is 10.6. The van der Waals surface area contributed by atoms with Crippen molar-refractivity contribution in [3.63, 3.8) is 0 Å². The summed E-state index contributed by atoms with van der Waals surface area (Å²) < 4.78 is 1.24. The average molecular weight is 276 g/mol. The van der Waals surface area contributed by atoms with E-state index in [0.29, 0.717) is 15.9 Å². The lowest BCUT2D eigenvalue weighted by atomic mass is 10.2. The molecule has 1 aromatic heterocycles. The van der Waals surface area contributed by atoms with Crippen molar-refractivity contribution < 1.29 is 4.92 Å². The number of hydrogen-bond donors (Lipinski definition) is 1. The summed E-state index contributed by atoms with van der Waals surface area (Å²) in [4.78, 5) is 10.8. The fourth-order valence-electron chi connectivity index (χ4n) is 1.33. The second-order valence-electron chi connectivity index (χ2n) is 3.55. The summed E-state index contributed by atoms with van der Waals surface area (Å²) in [5, 5.41) is 27.6. The van der Waals surface area contributed by atoms with Crippen molar-refractivity contribution in [2.75, 3.05) is 5.84 Å². The Hall–Kier alpha value is -2.60. The molecule has 2 N–H and O–H groups in total. The number of benzene rings is 1. The Morgan fingerprint density at radius 2 is 2.26 bits per heavy atom. The van der Waals surface area contributed by atoms with E-state index in [-0.39, 0.29) is 11.3 Å². The number of nitrogens with zero attached hydrogens (tertiary/aromatic N) is 5. The number of nitriles is 1. The summed E-state index contributed by atoms with van der Waals surface area (Å²) in [6, 6.07) is 6.06. The summed E-state index contributed by atoms with van der Waals surface area (Å²) >= 11 is 1.02. The predicted molar refractivity (Wildman–Crippen MR) is 66.8 cm³/mol. The molecule has 0 saturated carbocycles. The van der Waals surface area contributed by atoms with Crippen LogP contribution >= 0.6 is 11.8 Å². The van der Waals surface area contributed by atoms with Gasteiger partial charge in [-0.3, -0.25) is 10.1 Å². The van der Waals surface area contributed by atoms with Crippen LogP contribution in [-0.2, 0) is 0 Å². The van der Waals surface area contributed by atoms with E-state index in [1.54, 1.807) is 6.92 Å². The van der Waals surface area contributed by atoms with Crippen molar-refractivity contribution in [3.8, 4) is 6.07 Å². The normalized spacial score (nSPS) is 10.1. The minimum absolute atomic E-state index is 0.162. The van der Waals surface area contributed by atoms with E-state index in [2.05, 4.69) is 10.2 Å². The van der Waals surface area contributed by atoms with Crippen LogP contribution in [-0.4, -0.2) is 19.8 Å². The van der Waals surface area contributed by atoms with Gasteiger partial charge in [-0.1, -0.05) is 0 Å². The number of nitro groups is 1. The molecule has 19 heavy (non-hydrogen) atoms. The van der Waals surface area contributed by atoms with Crippen LogP contribution in [0.2, 0.25) is 0 Å². The molecule has 1 heterocycles. The first-order valence-corrected chi connectivity index (χ1v) is 5.88. The third-order valence-corrected chi connectivity index (χ3v) is 3.35. The molecule has 0 aliphatic rings. The minimum atomic E-state index is -0.548. The van der Waals surface area contributed by atoms with Gasteiger partial charge in [-0.2, -0.15) is 5.26 Å².